The van der Waals surface area contributed by atoms with Crippen molar-refractivity contribution in [1.82, 2.24) is 0 Å². The minimum Gasteiger partial charge on any atom is -0.451 e. The minimum absolute atomic E-state index is 0.0113. The molecule has 126 valence electrons. The molecule has 0 aromatic heterocycles. The molecular weight excluding hydrogens is 325 g/mol. The smallest absolute Gasteiger partial charge is 0.451 e. The van der Waals surface area contributed by atoms with Gasteiger partial charge in [-0.05, 0) is 31.2 Å². The Hall–Kier alpha value is -2.83. The molecule has 1 unspecified atom stereocenters. The molecule has 7 heteroatoms. The molecule has 0 aliphatic heterocycles. The maximum absolute atomic E-state index is 12.1. The van der Waals surface area contributed by atoms with Crippen LogP contribution in [0.2, 0.25) is 0 Å². The molecule has 0 spiro atoms. The summed E-state index contributed by atoms with van der Waals surface area (Å²) in [6.45, 7) is 1.42. The lowest BCUT2D eigenvalue weighted by molar-refractivity contribution is -0.274. The molecule has 0 aliphatic rings. The lowest BCUT2D eigenvalue weighted by atomic mass is 10.1. The number of Topliss-reactive ketones (excluding diaryl/α,β-unsaturated/α-hetero) is 1. The summed E-state index contributed by atoms with van der Waals surface area (Å²) in [6.07, 6.45) is -5.83. The Morgan fingerprint density at radius 1 is 0.917 bits per heavy atom. The molecule has 24 heavy (non-hydrogen) atoms. The first-order valence-corrected chi connectivity index (χ1v) is 6.92. The van der Waals surface area contributed by atoms with Gasteiger partial charge < -0.3 is 9.47 Å². The average molecular weight is 338 g/mol. The molecule has 2 rings (SSSR count). The summed E-state index contributed by atoms with van der Waals surface area (Å²) in [4.78, 5) is 24.0. The zero-order valence-corrected chi connectivity index (χ0v) is 12.5. The highest BCUT2D eigenvalue weighted by molar-refractivity contribution is 6.01. The van der Waals surface area contributed by atoms with E-state index in [0.717, 1.165) is 24.3 Å². The number of carbonyl (C=O) groups excluding carboxylic acids is 2. The maximum atomic E-state index is 12.1. The predicted octanol–water partition coefficient (Wildman–Crippen LogP) is 4.01. The minimum atomic E-state index is -4.81. The molecule has 1 atom stereocenters. The third-order valence-corrected chi connectivity index (χ3v) is 3.03. The van der Waals surface area contributed by atoms with Crippen molar-refractivity contribution in [1.29, 1.82) is 0 Å². The molecule has 0 aliphatic carbocycles. The standard InChI is InChI=1S/C17H13F3O4/c1-11(15(21)12-5-3-2-4-6-12)23-16(22)13-7-9-14(10-8-13)24-17(18,19)20/h2-11H,1H3. The van der Waals surface area contributed by atoms with Gasteiger partial charge in [0, 0.05) is 5.56 Å². The summed E-state index contributed by atoms with van der Waals surface area (Å²) in [5.41, 5.74) is 0.406. The normalized spacial score (nSPS) is 12.3. The first-order valence-electron chi connectivity index (χ1n) is 6.92. The molecule has 0 saturated carbocycles. The second-order valence-corrected chi connectivity index (χ2v) is 4.85. The molecule has 0 fully saturated rings. The summed E-state index contributed by atoms with van der Waals surface area (Å²) < 4.78 is 45.0. The predicted molar refractivity (Wildman–Crippen MR) is 78.8 cm³/mol. The third kappa shape index (κ3) is 4.84. The molecular formula is C17H13F3O4. The van der Waals surface area contributed by atoms with Gasteiger partial charge in [-0.3, -0.25) is 4.79 Å². The van der Waals surface area contributed by atoms with Gasteiger partial charge in [0.25, 0.3) is 0 Å². The topological polar surface area (TPSA) is 52.6 Å². The maximum Gasteiger partial charge on any atom is 0.573 e. The van der Waals surface area contributed by atoms with Crippen LogP contribution in [-0.4, -0.2) is 24.2 Å². The van der Waals surface area contributed by atoms with Crippen LogP contribution in [-0.2, 0) is 4.74 Å². The summed E-state index contributed by atoms with van der Waals surface area (Å²) in [5.74, 6) is -1.64. The van der Waals surface area contributed by atoms with Gasteiger partial charge in [0.2, 0.25) is 5.78 Å². The molecule has 0 radical (unpaired) electrons. The van der Waals surface area contributed by atoms with Crippen molar-refractivity contribution < 1.29 is 32.2 Å². The second-order valence-electron chi connectivity index (χ2n) is 4.85. The van der Waals surface area contributed by atoms with Crippen molar-refractivity contribution in [2.24, 2.45) is 0 Å². The van der Waals surface area contributed by atoms with E-state index in [0.29, 0.717) is 5.56 Å². The zero-order valence-electron chi connectivity index (χ0n) is 12.5. The monoisotopic (exact) mass is 338 g/mol. The van der Waals surface area contributed by atoms with Crippen LogP contribution in [0.5, 0.6) is 5.75 Å². The van der Waals surface area contributed by atoms with E-state index in [2.05, 4.69) is 4.74 Å². The van der Waals surface area contributed by atoms with Crippen molar-refractivity contribution in [3.05, 3.63) is 65.7 Å². The van der Waals surface area contributed by atoms with Gasteiger partial charge in [0.05, 0.1) is 5.56 Å². The fourth-order valence-corrected chi connectivity index (χ4v) is 1.91. The van der Waals surface area contributed by atoms with E-state index in [1.807, 2.05) is 0 Å². The van der Waals surface area contributed by atoms with Crippen LogP contribution in [0.4, 0.5) is 13.2 Å². The molecule has 2 aromatic carbocycles. The number of rotatable bonds is 5. The number of esters is 1. The summed E-state index contributed by atoms with van der Waals surface area (Å²) in [6, 6.07) is 12.5. The Morgan fingerprint density at radius 3 is 2.04 bits per heavy atom. The van der Waals surface area contributed by atoms with E-state index in [1.165, 1.54) is 6.92 Å². The highest BCUT2D eigenvalue weighted by atomic mass is 19.4. The number of ether oxygens (including phenoxy) is 2. The quantitative estimate of drug-likeness (QED) is 0.610. The number of hydrogen-bond donors (Lipinski definition) is 0. The van der Waals surface area contributed by atoms with Crippen LogP contribution in [0.25, 0.3) is 0 Å². The van der Waals surface area contributed by atoms with Crippen LogP contribution in [0.3, 0.4) is 0 Å². The lowest BCUT2D eigenvalue weighted by Crippen LogP contribution is -2.24. The van der Waals surface area contributed by atoms with E-state index in [9.17, 15) is 22.8 Å². The van der Waals surface area contributed by atoms with Gasteiger partial charge in [0.1, 0.15) is 5.75 Å². The fourth-order valence-electron chi connectivity index (χ4n) is 1.91. The Bertz CT molecular complexity index is 709. The second kappa shape index (κ2) is 7.16. The number of benzene rings is 2. The Balaban J connectivity index is 2.00. The van der Waals surface area contributed by atoms with Crippen molar-refractivity contribution in [3.63, 3.8) is 0 Å². The molecule has 0 heterocycles. The molecule has 4 nitrogen and oxygen atoms in total. The molecule has 2 aromatic rings. The van der Waals surface area contributed by atoms with Crippen molar-refractivity contribution in [3.8, 4) is 5.75 Å². The van der Waals surface area contributed by atoms with Gasteiger partial charge in [-0.2, -0.15) is 0 Å². The molecule has 0 N–H and O–H groups in total. The van der Waals surface area contributed by atoms with Gasteiger partial charge in [-0.15, -0.1) is 13.2 Å². The van der Waals surface area contributed by atoms with Crippen molar-refractivity contribution in [2.45, 2.75) is 19.4 Å². The Kier molecular flexibility index (Phi) is 5.23. The average Bonchev–Trinajstić information content (AvgIpc) is 2.54. The summed E-state index contributed by atoms with van der Waals surface area (Å²) in [7, 11) is 0. The van der Waals surface area contributed by atoms with Crippen LogP contribution in [0.1, 0.15) is 27.6 Å². The first kappa shape index (κ1) is 17.5. The molecule has 0 amide bonds. The van der Waals surface area contributed by atoms with Crippen molar-refractivity contribution in [2.75, 3.05) is 0 Å². The number of halogens is 3. The Labute approximate surface area is 135 Å². The third-order valence-electron chi connectivity index (χ3n) is 3.03. The fraction of sp³-hybridized carbons (Fsp3) is 0.176. The van der Waals surface area contributed by atoms with E-state index >= 15 is 0 Å². The van der Waals surface area contributed by atoms with Crippen LogP contribution < -0.4 is 4.74 Å². The zero-order chi connectivity index (χ0) is 17.7. The first-order chi connectivity index (χ1) is 11.3. The van der Waals surface area contributed by atoms with E-state index < -0.39 is 24.2 Å². The van der Waals surface area contributed by atoms with E-state index in [1.54, 1.807) is 30.3 Å². The number of ketones is 1. The number of alkyl halides is 3. The summed E-state index contributed by atoms with van der Waals surface area (Å²) >= 11 is 0. The van der Waals surface area contributed by atoms with Crippen LogP contribution >= 0.6 is 0 Å². The highest BCUT2D eigenvalue weighted by Crippen LogP contribution is 2.23. The van der Waals surface area contributed by atoms with Gasteiger partial charge in [-0.1, -0.05) is 30.3 Å². The molecule has 0 bridgehead atoms. The van der Waals surface area contributed by atoms with Gasteiger partial charge in [0.15, 0.2) is 6.10 Å². The number of hydrogen-bond acceptors (Lipinski definition) is 4. The van der Waals surface area contributed by atoms with Crippen LogP contribution in [0.15, 0.2) is 54.6 Å². The highest BCUT2D eigenvalue weighted by Gasteiger charge is 2.31. The number of carbonyl (C=O) groups is 2. The Morgan fingerprint density at radius 2 is 1.50 bits per heavy atom. The van der Waals surface area contributed by atoms with E-state index in [4.69, 9.17) is 4.74 Å². The lowest BCUT2D eigenvalue weighted by Gasteiger charge is -2.13. The van der Waals surface area contributed by atoms with Gasteiger partial charge in [-0.25, -0.2) is 4.79 Å². The van der Waals surface area contributed by atoms with Crippen LogP contribution in [0, 0.1) is 0 Å². The SMILES string of the molecule is CC(OC(=O)c1ccc(OC(F)(F)F)cc1)C(=O)c1ccccc1. The molecule has 0 saturated heterocycles. The van der Waals surface area contributed by atoms with Crippen molar-refractivity contribution >= 4 is 11.8 Å². The largest absolute Gasteiger partial charge is 0.573 e. The van der Waals surface area contributed by atoms with Gasteiger partial charge >= 0.3 is 12.3 Å². The van der Waals surface area contributed by atoms with E-state index in [-0.39, 0.29) is 11.3 Å². The summed E-state index contributed by atoms with van der Waals surface area (Å²) in [5, 5.41) is 0.